The molecule has 3 nitrogen and oxygen atoms in total. The van der Waals surface area contributed by atoms with Gasteiger partial charge in [0.25, 0.3) is 0 Å². The molecule has 0 spiro atoms. The third kappa shape index (κ3) is 7.07. The van der Waals surface area contributed by atoms with Gasteiger partial charge in [0.05, 0.1) is 0 Å². The second-order valence-corrected chi connectivity index (χ2v) is 4.42. The van der Waals surface area contributed by atoms with E-state index < -0.39 is 13.8 Å². The maximum absolute atomic E-state index is 10.4. The monoisotopic (exact) mass is 248 g/mol. The standard InChI is InChI=1S/C7H9O3PS.2Na/c8-11(9,10)5-6-3-1-2-4-7(6)12;;/h1-4,12H,5H2,(H2,8,9,10);;/q;2*+1/p-2. The summed E-state index contributed by atoms with van der Waals surface area (Å²) < 4.78 is 10.4. The molecule has 0 amide bonds. The van der Waals surface area contributed by atoms with Crippen molar-refractivity contribution in [2.24, 2.45) is 0 Å². The number of hydrogen-bond donors (Lipinski definition) is 1. The molecule has 0 saturated carbocycles. The molecular weight excluding hydrogens is 241 g/mol. The van der Waals surface area contributed by atoms with E-state index in [0.29, 0.717) is 10.5 Å². The molecule has 0 radical (unpaired) electrons. The van der Waals surface area contributed by atoms with E-state index in [9.17, 15) is 14.4 Å². The fraction of sp³-hybridized carbons (Fsp3) is 0.143. The zero-order chi connectivity index (χ0) is 9.19. The van der Waals surface area contributed by atoms with Crippen LogP contribution in [0.1, 0.15) is 5.56 Å². The van der Waals surface area contributed by atoms with Gasteiger partial charge in [0, 0.05) is 11.1 Å². The van der Waals surface area contributed by atoms with Gasteiger partial charge in [0.2, 0.25) is 0 Å². The molecule has 1 aromatic rings. The van der Waals surface area contributed by atoms with Gasteiger partial charge in [-0.15, -0.1) is 12.6 Å². The quantitative estimate of drug-likeness (QED) is 0.322. The molecular formula is C7H7Na2O3PS. The van der Waals surface area contributed by atoms with E-state index in [4.69, 9.17) is 0 Å². The third-order valence-corrected chi connectivity index (χ3v) is 2.52. The molecule has 0 aliphatic heterocycles. The first-order valence-electron chi connectivity index (χ1n) is 3.27. The Bertz CT molecular complexity index is 328. The molecule has 0 aromatic heterocycles. The van der Waals surface area contributed by atoms with Crippen LogP contribution in [0.5, 0.6) is 0 Å². The number of hydrogen-bond acceptors (Lipinski definition) is 4. The molecule has 7 heteroatoms. The Morgan fingerprint density at radius 2 is 1.71 bits per heavy atom. The van der Waals surface area contributed by atoms with Crippen LogP contribution in [0.4, 0.5) is 0 Å². The first-order chi connectivity index (χ1) is 5.49. The fourth-order valence-corrected chi connectivity index (χ4v) is 1.91. The minimum atomic E-state index is -4.46. The van der Waals surface area contributed by atoms with Gasteiger partial charge < -0.3 is 14.4 Å². The number of thiol groups is 1. The Labute approximate surface area is 133 Å². The van der Waals surface area contributed by atoms with E-state index in [-0.39, 0.29) is 59.1 Å². The van der Waals surface area contributed by atoms with Crippen molar-refractivity contribution >= 4 is 20.2 Å². The molecule has 0 saturated heterocycles. The van der Waals surface area contributed by atoms with Gasteiger partial charge >= 0.3 is 59.1 Å². The minimum absolute atomic E-state index is 0. The fourth-order valence-electron chi connectivity index (χ4n) is 0.853. The summed E-state index contributed by atoms with van der Waals surface area (Å²) in [6.07, 6.45) is -0.466. The molecule has 14 heavy (non-hydrogen) atoms. The molecule has 0 heterocycles. The van der Waals surface area contributed by atoms with Crippen LogP contribution in [0.15, 0.2) is 29.2 Å². The topological polar surface area (TPSA) is 63.2 Å². The minimum Gasteiger partial charge on any atom is -0.810 e. The van der Waals surface area contributed by atoms with E-state index in [1.54, 1.807) is 24.3 Å². The van der Waals surface area contributed by atoms with Crippen molar-refractivity contribution in [3.8, 4) is 0 Å². The summed E-state index contributed by atoms with van der Waals surface area (Å²) in [5, 5.41) is 0. The van der Waals surface area contributed by atoms with Crippen LogP contribution in [0.3, 0.4) is 0 Å². The Balaban J connectivity index is 0. The summed E-state index contributed by atoms with van der Waals surface area (Å²) in [6, 6.07) is 6.62. The first kappa shape index (κ1) is 18.1. The van der Waals surface area contributed by atoms with Crippen molar-refractivity contribution in [3.63, 3.8) is 0 Å². The van der Waals surface area contributed by atoms with Gasteiger partial charge in [-0.05, 0) is 11.6 Å². The molecule has 1 aromatic carbocycles. The summed E-state index contributed by atoms with van der Waals surface area (Å²) >= 11 is 4.01. The summed E-state index contributed by atoms with van der Waals surface area (Å²) in [7, 11) is -4.46. The van der Waals surface area contributed by atoms with E-state index in [2.05, 4.69) is 12.6 Å². The molecule has 0 aliphatic rings. The van der Waals surface area contributed by atoms with E-state index in [0.717, 1.165) is 0 Å². The van der Waals surface area contributed by atoms with Crippen LogP contribution in [0.25, 0.3) is 0 Å². The maximum atomic E-state index is 10.4. The smallest absolute Gasteiger partial charge is 0.810 e. The largest absolute Gasteiger partial charge is 1.00 e. The van der Waals surface area contributed by atoms with Gasteiger partial charge in [-0.3, -0.25) is 0 Å². The second kappa shape index (κ2) is 7.91. The maximum Gasteiger partial charge on any atom is 1.00 e. The van der Waals surface area contributed by atoms with E-state index in [1.165, 1.54) is 0 Å². The molecule has 0 aliphatic carbocycles. The predicted molar refractivity (Wildman–Crippen MR) is 45.0 cm³/mol. The summed E-state index contributed by atoms with van der Waals surface area (Å²) in [5.41, 5.74) is 0.453. The van der Waals surface area contributed by atoms with E-state index >= 15 is 0 Å². The zero-order valence-electron chi connectivity index (χ0n) is 8.14. The molecule has 0 N–H and O–H groups in total. The Morgan fingerprint density at radius 1 is 1.21 bits per heavy atom. The van der Waals surface area contributed by atoms with Crippen LogP contribution >= 0.6 is 20.2 Å². The van der Waals surface area contributed by atoms with Crippen molar-refractivity contribution < 1.29 is 73.5 Å². The molecule has 66 valence electrons. The number of benzene rings is 1. The average Bonchev–Trinajstić information content (AvgIpc) is 1.91. The average molecular weight is 248 g/mol. The predicted octanol–water partition coefficient (Wildman–Crippen LogP) is -5.60. The van der Waals surface area contributed by atoms with Crippen molar-refractivity contribution in [2.75, 3.05) is 0 Å². The van der Waals surface area contributed by atoms with Gasteiger partial charge in [-0.25, -0.2) is 0 Å². The molecule has 0 atom stereocenters. The summed E-state index contributed by atoms with van der Waals surface area (Å²) in [5.74, 6) is 0. The summed E-state index contributed by atoms with van der Waals surface area (Å²) in [4.78, 5) is 21.3. The van der Waals surface area contributed by atoms with Gasteiger partial charge in [0.1, 0.15) is 0 Å². The van der Waals surface area contributed by atoms with Gasteiger partial charge in [0.15, 0.2) is 0 Å². The van der Waals surface area contributed by atoms with Crippen LogP contribution in [-0.4, -0.2) is 0 Å². The Hall–Kier alpha value is 1.72. The third-order valence-electron chi connectivity index (χ3n) is 1.36. The Kier molecular flexibility index (Phi) is 10.2. The second-order valence-electron chi connectivity index (χ2n) is 2.40. The van der Waals surface area contributed by atoms with Gasteiger partial charge in [-0.2, -0.15) is 0 Å². The van der Waals surface area contributed by atoms with Crippen molar-refractivity contribution in [1.29, 1.82) is 0 Å². The van der Waals surface area contributed by atoms with Crippen molar-refractivity contribution in [2.45, 2.75) is 11.1 Å². The van der Waals surface area contributed by atoms with Crippen molar-refractivity contribution in [1.82, 2.24) is 0 Å². The molecule has 0 bridgehead atoms. The normalized spacial score (nSPS) is 9.93. The van der Waals surface area contributed by atoms with Crippen LogP contribution in [-0.2, 0) is 10.7 Å². The molecule has 0 fully saturated rings. The molecule has 0 unspecified atom stereocenters. The number of rotatable bonds is 2. The van der Waals surface area contributed by atoms with Gasteiger partial charge in [-0.1, -0.05) is 25.8 Å². The Morgan fingerprint density at radius 3 is 2.14 bits per heavy atom. The molecule has 1 rings (SSSR count). The van der Waals surface area contributed by atoms with Crippen LogP contribution in [0, 0.1) is 0 Å². The van der Waals surface area contributed by atoms with Crippen LogP contribution in [0.2, 0.25) is 0 Å². The zero-order valence-corrected chi connectivity index (χ0v) is 13.9. The summed E-state index contributed by atoms with van der Waals surface area (Å²) in [6.45, 7) is 0. The van der Waals surface area contributed by atoms with Crippen LogP contribution < -0.4 is 68.9 Å². The SMILES string of the molecule is O=P([O-])([O-])Cc1ccccc1S.[Na+].[Na+]. The van der Waals surface area contributed by atoms with E-state index in [1.807, 2.05) is 0 Å². The first-order valence-corrected chi connectivity index (χ1v) is 5.44. The van der Waals surface area contributed by atoms with Crippen molar-refractivity contribution in [3.05, 3.63) is 29.8 Å².